The van der Waals surface area contributed by atoms with Gasteiger partial charge in [0.25, 0.3) is 5.69 Å². The van der Waals surface area contributed by atoms with Crippen LogP contribution >= 0.6 is 0 Å². The van der Waals surface area contributed by atoms with E-state index >= 15 is 0 Å². The van der Waals surface area contributed by atoms with Crippen molar-refractivity contribution in [2.24, 2.45) is 0 Å². The van der Waals surface area contributed by atoms with E-state index in [-0.39, 0.29) is 30.0 Å². The number of carbonyl (C=O) groups is 2. The van der Waals surface area contributed by atoms with E-state index in [2.05, 4.69) is 39.2 Å². The van der Waals surface area contributed by atoms with Crippen LogP contribution in [-0.4, -0.2) is 72.4 Å². The lowest BCUT2D eigenvalue weighted by Crippen LogP contribution is -2.46. The first-order chi connectivity index (χ1) is 17.9. The number of nitro benzene ring substituents is 1. The fraction of sp³-hybridized carbons (Fsp3) is 0.704. The number of ether oxygens (including phenoxy) is 2. The quantitative estimate of drug-likeness (QED) is 0.167. The highest BCUT2D eigenvalue weighted by atomic mass is 28.4. The highest BCUT2D eigenvalue weighted by Crippen LogP contribution is 2.39. The number of aliphatic hydroxyl groups is 1. The van der Waals surface area contributed by atoms with Crippen LogP contribution in [0.4, 0.5) is 15.3 Å². The number of nitrogens with zero attached hydrogens (tertiary/aromatic N) is 2. The molecule has 0 saturated carbocycles. The molecule has 2 N–H and O–H groups in total. The van der Waals surface area contributed by atoms with E-state index in [1.807, 2.05) is 20.8 Å². The van der Waals surface area contributed by atoms with Crippen LogP contribution in [0.15, 0.2) is 24.3 Å². The zero-order chi connectivity index (χ0) is 29.6. The summed E-state index contributed by atoms with van der Waals surface area (Å²) >= 11 is 0. The molecule has 0 radical (unpaired) electrons. The number of amides is 2. The third-order valence-electron chi connectivity index (χ3n) is 7.11. The van der Waals surface area contributed by atoms with Gasteiger partial charge in [-0.2, -0.15) is 0 Å². The van der Waals surface area contributed by atoms with Crippen molar-refractivity contribution < 1.29 is 33.5 Å². The second-order valence-corrected chi connectivity index (χ2v) is 17.3. The third kappa shape index (κ3) is 10.1. The molecule has 1 fully saturated rings. The summed E-state index contributed by atoms with van der Waals surface area (Å²) in [5.41, 5.74) is -0.0692. The first-order valence-corrected chi connectivity index (χ1v) is 16.3. The molecule has 1 heterocycles. The number of hydrogen-bond donors (Lipinski definition) is 2. The Balaban J connectivity index is 1.88. The van der Waals surface area contributed by atoms with Crippen LogP contribution in [0, 0.1) is 10.1 Å². The highest BCUT2D eigenvalue weighted by molar-refractivity contribution is 6.74. The normalized spacial score (nSPS) is 18.9. The lowest BCUT2D eigenvalue weighted by atomic mass is 10.0. The number of nitro groups is 1. The molecule has 3 atom stereocenters. The van der Waals surface area contributed by atoms with Gasteiger partial charge in [0.05, 0.1) is 23.2 Å². The summed E-state index contributed by atoms with van der Waals surface area (Å²) in [6.07, 6.45) is -0.756. The van der Waals surface area contributed by atoms with E-state index < -0.39 is 43.2 Å². The zero-order valence-corrected chi connectivity index (χ0v) is 25.5. The minimum absolute atomic E-state index is 0.0131. The van der Waals surface area contributed by atoms with Crippen LogP contribution in [0.25, 0.3) is 0 Å². The van der Waals surface area contributed by atoms with Crippen LogP contribution in [0.5, 0.6) is 0 Å². The number of carbonyl (C=O) groups excluding carboxylic acids is 2. The minimum Gasteiger partial charge on any atom is -0.445 e. The molecule has 1 aliphatic heterocycles. The van der Waals surface area contributed by atoms with E-state index in [1.165, 1.54) is 24.3 Å². The van der Waals surface area contributed by atoms with E-state index in [0.29, 0.717) is 31.4 Å². The molecule has 1 saturated heterocycles. The number of non-ortho nitro benzene ring substituents is 1. The summed E-state index contributed by atoms with van der Waals surface area (Å²) in [6.45, 7) is 16.9. The minimum atomic E-state index is -2.08. The van der Waals surface area contributed by atoms with Crippen molar-refractivity contribution in [1.82, 2.24) is 10.2 Å². The Morgan fingerprint density at radius 1 is 1.18 bits per heavy atom. The maximum Gasteiger partial charge on any atom is 0.410 e. The number of nitrogens with one attached hydrogen (secondary N) is 1. The summed E-state index contributed by atoms with van der Waals surface area (Å²) in [6, 6.07) is 5.31. The molecule has 11 nitrogen and oxygen atoms in total. The van der Waals surface area contributed by atoms with Gasteiger partial charge in [0, 0.05) is 25.2 Å². The molecular weight excluding hydrogens is 522 g/mol. The van der Waals surface area contributed by atoms with Crippen LogP contribution in [0.2, 0.25) is 18.1 Å². The number of aliphatic hydroxyl groups excluding tert-OH is 1. The SMILES string of the molecule is CC(C)(C)OC(=O)N1C[C@H](O[Si](C)(C)C(C)(C)C)C[C@H]1[C@H](O)CCCNC(=O)OCc1ccc([N+](=O)[O-])cc1. The van der Waals surface area contributed by atoms with Gasteiger partial charge in [-0.05, 0) is 75.9 Å². The van der Waals surface area contributed by atoms with Crippen molar-refractivity contribution >= 4 is 26.2 Å². The fourth-order valence-corrected chi connectivity index (χ4v) is 5.37. The molecule has 220 valence electrons. The molecule has 12 heteroatoms. The highest BCUT2D eigenvalue weighted by Gasteiger charge is 2.46. The molecular formula is C27H45N3O8Si. The summed E-state index contributed by atoms with van der Waals surface area (Å²) < 4.78 is 17.3. The Labute approximate surface area is 232 Å². The molecule has 0 aromatic heterocycles. The Bertz CT molecular complexity index is 988. The lowest BCUT2D eigenvalue weighted by molar-refractivity contribution is -0.384. The second kappa shape index (κ2) is 13.1. The number of alkyl carbamates (subject to hydrolysis) is 1. The van der Waals surface area contributed by atoms with E-state index in [9.17, 15) is 24.8 Å². The maximum atomic E-state index is 13.0. The average Bonchev–Trinajstić information content (AvgIpc) is 3.22. The molecule has 0 bridgehead atoms. The topological polar surface area (TPSA) is 140 Å². The number of benzene rings is 1. The molecule has 1 aliphatic rings. The van der Waals surface area contributed by atoms with Crippen LogP contribution in [-0.2, 0) is 20.5 Å². The van der Waals surface area contributed by atoms with Crippen LogP contribution in [0.3, 0.4) is 0 Å². The fourth-order valence-electron chi connectivity index (χ4n) is 4.01. The third-order valence-corrected chi connectivity index (χ3v) is 11.6. The summed E-state index contributed by atoms with van der Waals surface area (Å²) in [7, 11) is -2.08. The standard InChI is InChI=1S/C27H45N3O8Si/c1-26(2,3)37-25(33)29-17-21(38-39(7,8)27(4,5)6)16-22(29)23(31)10-9-15-28-24(32)36-18-19-11-13-20(14-12-19)30(34)35/h11-14,21-23,31H,9-10,15-18H2,1-8H3,(H,28,32)/t21-,22+,23-/m1/s1. The average molecular weight is 568 g/mol. The molecule has 0 aliphatic carbocycles. The van der Waals surface area contributed by atoms with Gasteiger partial charge in [0.2, 0.25) is 0 Å². The van der Waals surface area contributed by atoms with Crippen molar-refractivity contribution in [3.8, 4) is 0 Å². The van der Waals surface area contributed by atoms with E-state index in [1.54, 1.807) is 4.90 Å². The Morgan fingerprint density at radius 3 is 2.33 bits per heavy atom. The number of likely N-dealkylation sites (tertiary alicyclic amines) is 1. The largest absolute Gasteiger partial charge is 0.445 e. The first kappa shape index (κ1) is 32.5. The van der Waals surface area contributed by atoms with E-state index in [0.717, 1.165) is 0 Å². The molecule has 2 amide bonds. The number of rotatable bonds is 10. The van der Waals surface area contributed by atoms with Gasteiger partial charge in [-0.15, -0.1) is 0 Å². The smallest absolute Gasteiger partial charge is 0.410 e. The Morgan fingerprint density at radius 2 is 1.79 bits per heavy atom. The van der Waals surface area contributed by atoms with Crippen molar-refractivity contribution in [2.45, 2.75) is 109 Å². The Kier molecular flexibility index (Phi) is 10.9. The molecule has 1 aromatic carbocycles. The predicted octanol–water partition coefficient (Wildman–Crippen LogP) is 5.36. The van der Waals surface area contributed by atoms with Gasteiger partial charge in [-0.25, -0.2) is 9.59 Å². The van der Waals surface area contributed by atoms with Crippen molar-refractivity contribution in [1.29, 1.82) is 0 Å². The van der Waals surface area contributed by atoms with Gasteiger partial charge in [-0.3, -0.25) is 15.0 Å². The van der Waals surface area contributed by atoms with Crippen LogP contribution < -0.4 is 5.32 Å². The summed E-state index contributed by atoms with van der Waals surface area (Å²) in [5.74, 6) is 0. The second-order valence-electron chi connectivity index (χ2n) is 12.6. The zero-order valence-electron chi connectivity index (χ0n) is 24.5. The molecule has 1 aromatic rings. The summed E-state index contributed by atoms with van der Waals surface area (Å²) in [5, 5.41) is 24.4. The van der Waals surface area contributed by atoms with Gasteiger partial charge in [-0.1, -0.05) is 20.8 Å². The predicted molar refractivity (Wildman–Crippen MR) is 150 cm³/mol. The van der Waals surface area contributed by atoms with E-state index in [4.69, 9.17) is 13.9 Å². The van der Waals surface area contributed by atoms with Gasteiger partial charge in [0.15, 0.2) is 8.32 Å². The molecule has 2 rings (SSSR count). The van der Waals surface area contributed by atoms with Gasteiger partial charge in [0.1, 0.15) is 12.2 Å². The molecule has 0 spiro atoms. The maximum absolute atomic E-state index is 13.0. The first-order valence-electron chi connectivity index (χ1n) is 13.4. The van der Waals surface area contributed by atoms with Gasteiger partial charge < -0.3 is 24.3 Å². The lowest BCUT2D eigenvalue weighted by Gasteiger charge is -2.38. The monoisotopic (exact) mass is 567 g/mol. The van der Waals surface area contributed by atoms with Crippen molar-refractivity contribution in [2.75, 3.05) is 13.1 Å². The Hall–Kier alpha value is -2.70. The molecule has 39 heavy (non-hydrogen) atoms. The summed E-state index contributed by atoms with van der Waals surface area (Å²) in [4.78, 5) is 36.8. The molecule has 0 unspecified atom stereocenters. The van der Waals surface area contributed by atoms with Crippen LogP contribution in [0.1, 0.15) is 66.4 Å². The van der Waals surface area contributed by atoms with Gasteiger partial charge >= 0.3 is 12.2 Å². The number of hydrogen-bond acceptors (Lipinski definition) is 8. The van der Waals surface area contributed by atoms with Crippen molar-refractivity contribution in [3.05, 3.63) is 39.9 Å². The van der Waals surface area contributed by atoms with Crippen molar-refractivity contribution in [3.63, 3.8) is 0 Å².